The zero-order valence-electron chi connectivity index (χ0n) is 9.87. The molecule has 0 aliphatic carbocycles. The van der Waals surface area contributed by atoms with E-state index in [4.69, 9.17) is 9.68 Å². The van der Waals surface area contributed by atoms with Crippen LogP contribution in [0.15, 0.2) is 12.1 Å². The van der Waals surface area contributed by atoms with Crippen LogP contribution in [-0.2, 0) is 22.5 Å². The first-order valence-corrected chi connectivity index (χ1v) is 6.31. The molecule has 2 aliphatic rings. The van der Waals surface area contributed by atoms with Gasteiger partial charge < -0.3 is 14.7 Å². The summed E-state index contributed by atoms with van der Waals surface area (Å²) >= 11 is 0. The van der Waals surface area contributed by atoms with Gasteiger partial charge in [0.1, 0.15) is 0 Å². The molecule has 2 unspecified atom stereocenters. The third kappa shape index (κ3) is 2.87. The van der Waals surface area contributed by atoms with Gasteiger partial charge in [-0.25, -0.2) is 0 Å². The van der Waals surface area contributed by atoms with E-state index >= 15 is 0 Å². The highest BCUT2D eigenvalue weighted by atomic mass is 16.7. The van der Waals surface area contributed by atoms with Crippen LogP contribution < -0.4 is 11.0 Å². The van der Waals surface area contributed by atoms with Crippen LogP contribution in [0.1, 0.15) is 24.2 Å². The summed E-state index contributed by atoms with van der Waals surface area (Å²) in [5.41, 5.74) is 8.63. The van der Waals surface area contributed by atoms with Crippen molar-refractivity contribution in [1.29, 1.82) is 0 Å². The Balaban J connectivity index is 1.54. The van der Waals surface area contributed by atoms with E-state index in [9.17, 15) is 0 Å². The molecular weight excluding hydrogens is 218 g/mol. The molecule has 3 N–H and O–H groups in total. The van der Waals surface area contributed by atoms with Gasteiger partial charge in [0.15, 0.2) is 0 Å². The number of H-pyrrole nitrogens is 1. The normalized spacial score (nSPS) is 28.9. The lowest BCUT2D eigenvalue weighted by Crippen LogP contribution is -2.23. The van der Waals surface area contributed by atoms with Crippen molar-refractivity contribution in [3.63, 3.8) is 0 Å². The van der Waals surface area contributed by atoms with Crippen molar-refractivity contribution in [1.82, 2.24) is 15.9 Å². The molecule has 3 heterocycles. The topological polar surface area (TPSA) is 58.3 Å². The molecule has 94 valence electrons. The van der Waals surface area contributed by atoms with E-state index < -0.39 is 0 Å². The van der Waals surface area contributed by atoms with Crippen LogP contribution in [0.25, 0.3) is 0 Å². The Labute approximate surface area is 101 Å². The van der Waals surface area contributed by atoms with E-state index in [0.29, 0.717) is 12.1 Å². The van der Waals surface area contributed by atoms with Crippen LogP contribution in [0.5, 0.6) is 0 Å². The Morgan fingerprint density at radius 1 is 0.941 bits per heavy atom. The number of hydrogen-bond donors (Lipinski definition) is 3. The second-order valence-electron chi connectivity index (χ2n) is 4.82. The summed E-state index contributed by atoms with van der Waals surface area (Å²) in [6, 6.07) is 5.25. The summed E-state index contributed by atoms with van der Waals surface area (Å²) in [4.78, 5) is 13.8. The van der Waals surface area contributed by atoms with Gasteiger partial charge in [0.05, 0.1) is 13.2 Å². The Kier molecular flexibility index (Phi) is 3.42. The fourth-order valence-corrected chi connectivity index (χ4v) is 2.42. The van der Waals surface area contributed by atoms with E-state index in [1.54, 1.807) is 0 Å². The second kappa shape index (κ2) is 5.18. The molecule has 2 aliphatic heterocycles. The largest absolute Gasteiger partial charge is 0.362 e. The van der Waals surface area contributed by atoms with Crippen molar-refractivity contribution in [3.8, 4) is 0 Å². The Morgan fingerprint density at radius 2 is 1.47 bits per heavy atom. The predicted octanol–water partition coefficient (Wildman–Crippen LogP) is 0.687. The molecule has 2 saturated heterocycles. The van der Waals surface area contributed by atoms with Crippen LogP contribution >= 0.6 is 0 Å². The van der Waals surface area contributed by atoms with Crippen LogP contribution in [0.4, 0.5) is 0 Å². The van der Waals surface area contributed by atoms with Crippen molar-refractivity contribution < 1.29 is 9.68 Å². The minimum Gasteiger partial charge on any atom is -0.362 e. The number of hydroxylamine groups is 2. The SMILES string of the molecule is c1cc(CC2CCON2)[nH]c1CC1CCON1. The lowest BCUT2D eigenvalue weighted by molar-refractivity contribution is 0.0879. The van der Waals surface area contributed by atoms with Crippen LogP contribution in [-0.4, -0.2) is 30.3 Å². The molecule has 0 spiro atoms. The Bertz CT molecular complexity index is 322. The van der Waals surface area contributed by atoms with Crippen LogP contribution in [0.2, 0.25) is 0 Å². The minimum atomic E-state index is 0.453. The highest BCUT2D eigenvalue weighted by molar-refractivity contribution is 5.15. The van der Waals surface area contributed by atoms with Crippen molar-refractivity contribution in [2.75, 3.05) is 13.2 Å². The summed E-state index contributed by atoms with van der Waals surface area (Å²) in [6.45, 7) is 1.64. The lowest BCUT2D eigenvalue weighted by Gasteiger charge is -2.07. The number of nitrogens with one attached hydrogen (secondary N) is 3. The number of aromatic amines is 1. The monoisotopic (exact) mass is 237 g/mol. The summed E-state index contributed by atoms with van der Waals surface area (Å²) < 4.78 is 0. The second-order valence-corrected chi connectivity index (χ2v) is 4.82. The van der Waals surface area contributed by atoms with E-state index in [1.807, 2.05) is 0 Å². The molecule has 0 saturated carbocycles. The maximum atomic E-state index is 5.15. The standard InChI is InChI=1S/C12H19N3O2/c1-2-10(8-12-4-6-17-15-12)13-9(1)7-11-3-5-16-14-11/h1-2,11-15H,3-8H2. The maximum absolute atomic E-state index is 5.15. The van der Waals surface area contributed by atoms with Gasteiger partial charge in [0, 0.05) is 36.3 Å². The number of rotatable bonds is 4. The van der Waals surface area contributed by atoms with Crippen molar-refractivity contribution in [2.45, 2.75) is 37.8 Å². The fourth-order valence-electron chi connectivity index (χ4n) is 2.42. The molecule has 1 aromatic rings. The molecule has 3 rings (SSSR count). The van der Waals surface area contributed by atoms with Crippen molar-refractivity contribution in [2.24, 2.45) is 0 Å². The highest BCUT2D eigenvalue weighted by Gasteiger charge is 2.18. The molecule has 5 nitrogen and oxygen atoms in total. The smallest absolute Gasteiger partial charge is 0.0698 e. The molecule has 0 bridgehead atoms. The summed E-state index contributed by atoms with van der Waals surface area (Å²) in [5.74, 6) is 0. The van der Waals surface area contributed by atoms with E-state index in [1.165, 1.54) is 11.4 Å². The third-order valence-electron chi connectivity index (χ3n) is 3.38. The Hall–Kier alpha value is -0.880. The molecule has 1 aromatic heterocycles. The van der Waals surface area contributed by atoms with Gasteiger partial charge in [-0.1, -0.05) is 0 Å². The highest BCUT2D eigenvalue weighted by Crippen LogP contribution is 2.13. The van der Waals surface area contributed by atoms with E-state index in [-0.39, 0.29) is 0 Å². The first-order chi connectivity index (χ1) is 8.40. The first-order valence-electron chi connectivity index (χ1n) is 6.31. The molecule has 17 heavy (non-hydrogen) atoms. The van der Waals surface area contributed by atoms with Gasteiger partial charge in [-0.05, 0) is 25.0 Å². The lowest BCUT2D eigenvalue weighted by atomic mass is 10.1. The molecule has 0 amide bonds. The zero-order chi connectivity index (χ0) is 11.5. The average molecular weight is 237 g/mol. The molecule has 5 heteroatoms. The minimum absolute atomic E-state index is 0.453. The fraction of sp³-hybridized carbons (Fsp3) is 0.667. The molecular formula is C12H19N3O2. The van der Waals surface area contributed by atoms with Crippen molar-refractivity contribution in [3.05, 3.63) is 23.5 Å². The molecule has 2 fully saturated rings. The number of hydrogen-bond acceptors (Lipinski definition) is 4. The first kappa shape index (κ1) is 11.2. The predicted molar refractivity (Wildman–Crippen MR) is 63.2 cm³/mol. The maximum Gasteiger partial charge on any atom is 0.0698 e. The summed E-state index contributed by atoms with van der Waals surface area (Å²) in [7, 11) is 0. The third-order valence-corrected chi connectivity index (χ3v) is 3.38. The van der Waals surface area contributed by atoms with Crippen LogP contribution in [0.3, 0.4) is 0 Å². The molecule has 0 radical (unpaired) electrons. The Morgan fingerprint density at radius 3 is 1.88 bits per heavy atom. The average Bonchev–Trinajstić information content (AvgIpc) is 3.02. The van der Waals surface area contributed by atoms with Gasteiger partial charge in [-0.15, -0.1) is 0 Å². The van der Waals surface area contributed by atoms with Gasteiger partial charge in [-0.2, -0.15) is 11.0 Å². The van der Waals surface area contributed by atoms with E-state index in [0.717, 1.165) is 38.9 Å². The van der Waals surface area contributed by atoms with Crippen molar-refractivity contribution >= 4 is 0 Å². The van der Waals surface area contributed by atoms with Crippen LogP contribution in [0, 0.1) is 0 Å². The van der Waals surface area contributed by atoms with Gasteiger partial charge >= 0.3 is 0 Å². The van der Waals surface area contributed by atoms with Gasteiger partial charge in [-0.3, -0.25) is 0 Å². The summed E-state index contributed by atoms with van der Waals surface area (Å²) in [6.07, 6.45) is 4.20. The van der Waals surface area contributed by atoms with Gasteiger partial charge in [0.2, 0.25) is 0 Å². The molecule has 2 atom stereocenters. The molecule has 0 aromatic carbocycles. The quantitative estimate of drug-likeness (QED) is 0.721. The van der Waals surface area contributed by atoms with E-state index in [2.05, 4.69) is 28.1 Å². The summed E-state index contributed by atoms with van der Waals surface area (Å²) in [5, 5.41) is 0. The van der Waals surface area contributed by atoms with Gasteiger partial charge in [0.25, 0.3) is 0 Å². The number of aromatic nitrogens is 1. The zero-order valence-corrected chi connectivity index (χ0v) is 9.87.